The summed E-state index contributed by atoms with van der Waals surface area (Å²) in [6, 6.07) is 7.97. The maximum atomic E-state index is 11.9. The van der Waals surface area contributed by atoms with Crippen molar-refractivity contribution in [1.29, 1.82) is 0 Å². The molecule has 2 aromatic heterocycles. The lowest BCUT2D eigenvalue weighted by Crippen LogP contribution is -2.05. The van der Waals surface area contributed by atoms with Gasteiger partial charge in [-0.3, -0.25) is 9.78 Å². The monoisotopic (exact) mass is 245 g/mol. The molecule has 0 fully saturated rings. The second-order valence-electron chi connectivity index (χ2n) is 3.98. The Morgan fingerprint density at radius 2 is 2.06 bits per heavy atom. The maximum absolute atomic E-state index is 11.9. The van der Waals surface area contributed by atoms with Gasteiger partial charge in [0.25, 0.3) is 0 Å². The van der Waals surface area contributed by atoms with Crippen molar-refractivity contribution in [3.63, 3.8) is 0 Å². The second kappa shape index (κ2) is 5.73. The first-order valence-electron chi connectivity index (χ1n) is 5.76. The molecule has 2 rings (SSSR count). The van der Waals surface area contributed by atoms with Crippen LogP contribution in [0.25, 0.3) is 0 Å². The topological polar surface area (TPSA) is 30.0 Å². The van der Waals surface area contributed by atoms with Crippen LogP contribution in [0.2, 0.25) is 0 Å². The highest BCUT2D eigenvalue weighted by Gasteiger charge is 2.07. The minimum atomic E-state index is 0.252. The third-order valence-electron chi connectivity index (χ3n) is 2.56. The predicted molar refractivity (Wildman–Crippen MR) is 70.3 cm³/mol. The number of rotatable bonds is 5. The average Bonchev–Trinajstić information content (AvgIpc) is 2.78. The van der Waals surface area contributed by atoms with E-state index in [1.807, 2.05) is 12.1 Å². The van der Waals surface area contributed by atoms with Gasteiger partial charge >= 0.3 is 0 Å². The molecular weight excluding hydrogens is 230 g/mol. The van der Waals surface area contributed by atoms with Gasteiger partial charge in [-0.25, -0.2) is 0 Å². The van der Waals surface area contributed by atoms with Crippen LogP contribution in [-0.4, -0.2) is 10.8 Å². The molecule has 0 aliphatic heterocycles. The standard InChI is InChI=1S/C14H15NOS/c1-2-13-5-6-14(17-13)9-12(16)8-11-4-3-7-15-10-11/h3-7,10H,2,8-9H2,1H3. The highest BCUT2D eigenvalue weighted by Crippen LogP contribution is 2.18. The van der Waals surface area contributed by atoms with Crippen molar-refractivity contribution in [2.75, 3.05) is 0 Å². The fourth-order valence-electron chi connectivity index (χ4n) is 1.69. The lowest BCUT2D eigenvalue weighted by molar-refractivity contribution is -0.117. The van der Waals surface area contributed by atoms with Crippen LogP contribution in [0.15, 0.2) is 36.7 Å². The van der Waals surface area contributed by atoms with Crippen molar-refractivity contribution >= 4 is 17.1 Å². The van der Waals surface area contributed by atoms with Crippen molar-refractivity contribution in [3.8, 4) is 0 Å². The van der Waals surface area contributed by atoms with Gasteiger partial charge in [-0.1, -0.05) is 13.0 Å². The van der Waals surface area contributed by atoms with E-state index in [-0.39, 0.29) is 5.78 Å². The van der Waals surface area contributed by atoms with E-state index in [0.29, 0.717) is 12.8 Å². The predicted octanol–water partition coefficient (Wildman–Crippen LogP) is 3.06. The summed E-state index contributed by atoms with van der Waals surface area (Å²) in [7, 11) is 0. The Kier molecular flexibility index (Phi) is 4.04. The lowest BCUT2D eigenvalue weighted by atomic mass is 10.1. The number of ketones is 1. The smallest absolute Gasteiger partial charge is 0.142 e. The number of hydrogen-bond acceptors (Lipinski definition) is 3. The van der Waals surface area contributed by atoms with Crippen LogP contribution in [0.5, 0.6) is 0 Å². The molecule has 0 bridgehead atoms. The van der Waals surface area contributed by atoms with Crippen LogP contribution in [0.3, 0.4) is 0 Å². The van der Waals surface area contributed by atoms with E-state index in [1.165, 1.54) is 4.88 Å². The zero-order valence-corrected chi connectivity index (χ0v) is 10.7. The number of hydrogen-bond donors (Lipinski definition) is 0. The van der Waals surface area contributed by atoms with Crippen LogP contribution >= 0.6 is 11.3 Å². The summed E-state index contributed by atoms with van der Waals surface area (Å²) in [5.41, 5.74) is 0.991. The highest BCUT2D eigenvalue weighted by atomic mass is 32.1. The Labute approximate surface area is 105 Å². The van der Waals surface area contributed by atoms with Crippen LogP contribution in [0.4, 0.5) is 0 Å². The number of thiophene rings is 1. The molecule has 0 aliphatic rings. The van der Waals surface area contributed by atoms with Gasteiger partial charge < -0.3 is 0 Å². The van der Waals surface area contributed by atoms with E-state index in [9.17, 15) is 4.79 Å². The quantitative estimate of drug-likeness (QED) is 0.810. The van der Waals surface area contributed by atoms with E-state index in [4.69, 9.17) is 0 Å². The van der Waals surface area contributed by atoms with Crippen LogP contribution < -0.4 is 0 Å². The molecule has 0 atom stereocenters. The number of aromatic nitrogens is 1. The Hall–Kier alpha value is -1.48. The number of nitrogens with zero attached hydrogens (tertiary/aromatic N) is 1. The molecule has 88 valence electrons. The number of carbonyl (C=O) groups is 1. The maximum Gasteiger partial charge on any atom is 0.142 e. The second-order valence-corrected chi connectivity index (χ2v) is 5.23. The molecule has 0 saturated carbocycles. The van der Waals surface area contributed by atoms with Gasteiger partial charge in [0.2, 0.25) is 0 Å². The fourth-order valence-corrected chi connectivity index (χ4v) is 2.68. The average molecular weight is 245 g/mol. The van der Waals surface area contributed by atoms with Crippen molar-refractivity contribution in [2.45, 2.75) is 26.2 Å². The molecule has 0 saturated heterocycles. The van der Waals surface area contributed by atoms with Gasteiger partial charge in [0.1, 0.15) is 5.78 Å². The van der Waals surface area contributed by atoms with Crippen LogP contribution in [0, 0.1) is 0 Å². The first kappa shape index (κ1) is 12.0. The molecule has 0 amide bonds. The van der Waals surface area contributed by atoms with Crippen molar-refractivity contribution in [3.05, 3.63) is 52.0 Å². The van der Waals surface area contributed by atoms with Gasteiger partial charge in [0, 0.05) is 35.0 Å². The van der Waals surface area contributed by atoms with Crippen molar-refractivity contribution in [1.82, 2.24) is 4.98 Å². The number of Topliss-reactive ketones (excluding diaryl/α,β-unsaturated/α-hetero) is 1. The van der Waals surface area contributed by atoms with E-state index >= 15 is 0 Å². The summed E-state index contributed by atoms with van der Waals surface area (Å²) in [4.78, 5) is 18.4. The van der Waals surface area contributed by atoms with E-state index in [0.717, 1.165) is 16.9 Å². The Morgan fingerprint density at radius 3 is 2.71 bits per heavy atom. The molecule has 0 aromatic carbocycles. The molecule has 0 unspecified atom stereocenters. The summed E-state index contributed by atoms with van der Waals surface area (Å²) in [6.07, 6.45) is 5.54. The number of pyridine rings is 1. The zero-order valence-electron chi connectivity index (χ0n) is 9.85. The Balaban J connectivity index is 1.93. The zero-order chi connectivity index (χ0) is 12.1. The summed E-state index contributed by atoms with van der Waals surface area (Å²) in [5, 5.41) is 0. The number of aryl methyl sites for hydroxylation is 1. The molecule has 0 radical (unpaired) electrons. The molecule has 2 heterocycles. The lowest BCUT2D eigenvalue weighted by Gasteiger charge is -1.99. The first-order chi connectivity index (χ1) is 8.28. The van der Waals surface area contributed by atoms with Crippen molar-refractivity contribution in [2.24, 2.45) is 0 Å². The normalized spacial score (nSPS) is 10.4. The third kappa shape index (κ3) is 3.49. The SMILES string of the molecule is CCc1ccc(CC(=O)Cc2cccnc2)s1. The summed E-state index contributed by atoms with van der Waals surface area (Å²) >= 11 is 1.74. The van der Waals surface area contributed by atoms with Gasteiger partial charge in [-0.2, -0.15) is 0 Å². The number of carbonyl (C=O) groups excluding carboxylic acids is 1. The van der Waals surface area contributed by atoms with E-state index in [2.05, 4.69) is 24.0 Å². The summed E-state index contributed by atoms with van der Waals surface area (Å²) in [5.74, 6) is 0.252. The van der Waals surface area contributed by atoms with Crippen LogP contribution in [0.1, 0.15) is 22.2 Å². The molecule has 3 heteroatoms. The molecular formula is C14H15NOS. The van der Waals surface area contributed by atoms with Gasteiger partial charge in [-0.15, -0.1) is 11.3 Å². The van der Waals surface area contributed by atoms with E-state index in [1.54, 1.807) is 23.7 Å². The summed E-state index contributed by atoms with van der Waals surface area (Å²) < 4.78 is 0. The molecule has 0 aliphatic carbocycles. The summed E-state index contributed by atoms with van der Waals surface area (Å²) in [6.45, 7) is 2.13. The van der Waals surface area contributed by atoms with Crippen LogP contribution in [-0.2, 0) is 24.1 Å². The minimum Gasteiger partial charge on any atom is -0.299 e. The Morgan fingerprint density at radius 1 is 1.24 bits per heavy atom. The van der Waals surface area contributed by atoms with Gasteiger partial charge in [0.15, 0.2) is 0 Å². The largest absolute Gasteiger partial charge is 0.299 e. The Bertz CT molecular complexity index is 490. The third-order valence-corrected chi connectivity index (χ3v) is 3.79. The van der Waals surface area contributed by atoms with Gasteiger partial charge in [0.05, 0.1) is 0 Å². The fraction of sp³-hybridized carbons (Fsp3) is 0.286. The molecule has 0 N–H and O–H groups in total. The van der Waals surface area contributed by atoms with Crippen molar-refractivity contribution < 1.29 is 4.79 Å². The molecule has 2 nitrogen and oxygen atoms in total. The molecule has 2 aromatic rings. The van der Waals surface area contributed by atoms with E-state index < -0.39 is 0 Å². The molecule has 17 heavy (non-hydrogen) atoms. The minimum absolute atomic E-state index is 0.252. The highest BCUT2D eigenvalue weighted by molar-refractivity contribution is 7.12. The van der Waals surface area contributed by atoms with Gasteiger partial charge in [-0.05, 0) is 30.2 Å². The first-order valence-corrected chi connectivity index (χ1v) is 6.57. The molecule has 0 spiro atoms.